The zero-order valence-corrected chi connectivity index (χ0v) is 18.1. The van der Waals surface area contributed by atoms with Crippen LogP contribution in [0.3, 0.4) is 0 Å². The fraction of sp³-hybridized carbons (Fsp3) is 0.409. The Morgan fingerprint density at radius 3 is 2.39 bits per heavy atom. The predicted molar refractivity (Wildman–Crippen MR) is 113 cm³/mol. The van der Waals surface area contributed by atoms with Crippen molar-refractivity contribution in [2.24, 2.45) is 0 Å². The van der Waals surface area contributed by atoms with Crippen LogP contribution in [0.4, 0.5) is 24.5 Å². The number of anilines is 2. The molecular weight excluding hydrogens is 441 g/mol. The number of piperazine rings is 1. The van der Waals surface area contributed by atoms with Gasteiger partial charge in [-0.15, -0.1) is 0 Å². The van der Waals surface area contributed by atoms with Gasteiger partial charge < -0.3 is 14.6 Å². The van der Waals surface area contributed by atoms with Crippen molar-refractivity contribution in [2.45, 2.75) is 26.1 Å². The molecule has 0 bridgehead atoms. The predicted octanol–water partition coefficient (Wildman–Crippen LogP) is 2.74. The van der Waals surface area contributed by atoms with Gasteiger partial charge in [-0.05, 0) is 44.2 Å². The lowest BCUT2D eigenvalue weighted by atomic mass is 10.1. The Kier molecular flexibility index (Phi) is 5.91. The highest BCUT2D eigenvalue weighted by molar-refractivity contribution is 6.11. The summed E-state index contributed by atoms with van der Waals surface area (Å²) in [5.74, 6) is -0.272. The van der Waals surface area contributed by atoms with E-state index in [9.17, 15) is 27.6 Å². The van der Waals surface area contributed by atoms with Crippen LogP contribution in [0, 0.1) is 6.92 Å². The van der Waals surface area contributed by atoms with Gasteiger partial charge in [0.2, 0.25) is 11.8 Å². The molecule has 176 valence electrons. The first-order valence-corrected chi connectivity index (χ1v) is 10.5. The molecule has 2 aliphatic heterocycles. The highest BCUT2D eigenvalue weighted by Gasteiger charge is 2.37. The summed E-state index contributed by atoms with van der Waals surface area (Å²) in [6.45, 7) is 4.80. The maximum Gasteiger partial charge on any atom is 0.416 e. The van der Waals surface area contributed by atoms with Gasteiger partial charge in [0.1, 0.15) is 12.3 Å². The summed E-state index contributed by atoms with van der Waals surface area (Å²) in [5.41, 5.74) is -0.733. The van der Waals surface area contributed by atoms with Gasteiger partial charge in [-0.1, -0.05) is 0 Å². The average molecular weight is 464 g/mol. The van der Waals surface area contributed by atoms with Crippen LogP contribution in [0.5, 0.6) is 0 Å². The Morgan fingerprint density at radius 2 is 1.79 bits per heavy atom. The zero-order valence-electron chi connectivity index (χ0n) is 18.1. The highest BCUT2D eigenvalue weighted by Crippen LogP contribution is 2.37. The molecule has 0 radical (unpaired) electrons. The summed E-state index contributed by atoms with van der Waals surface area (Å²) in [7, 11) is 0. The van der Waals surface area contributed by atoms with Crippen LogP contribution in [0.1, 0.15) is 28.8 Å². The van der Waals surface area contributed by atoms with E-state index in [4.69, 9.17) is 4.42 Å². The van der Waals surface area contributed by atoms with Crippen molar-refractivity contribution in [3.05, 3.63) is 47.4 Å². The molecule has 0 saturated carbocycles. The van der Waals surface area contributed by atoms with Gasteiger partial charge in [0.15, 0.2) is 5.76 Å². The van der Waals surface area contributed by atoms with E-state index < -0.39 is 29.6 Å². The summed E-state index contributed by atoms with van der Waals surface area (Å²) in [6.07, 6.45) is -4.56. The molecule has 2 aromatic rings. The topological polar surface area (TPSA) is 86.1 Å². The van der Waals surface area contributed by atoms with Crippen LogP contribution in [-0.4, -0.2) is 66.3 Å². The maximum absolute atomic E-state index is 13.2. The number of rotatable bonds is 3. The Morgan fingerprint density at radius 1 is 1.09 bits per heavy atom. The second kappa shape index (κ2) is 8.54. The number of halogens is 3. The van der Waals surface area contributed by atoms with Crippen molar-refractivity contribution in [2.75, 3.05) is 42.9 Å². The second-order valence-electron chi connectivity index (χ2n) is 8.12. The normalized spacial score (nSPS) is 18.0. The number of fused-ring (bicyclic) bond motifs is 1. The number of aryl methyl sites for hydroxylation is 1. The number of nitrogens with one attached hydrogen (secondary N) is 1. The maximum atomic E-state index is 13.2. The first kappa shape index (κ1) is 22.8. The van der Waals surface area contributed by atoms with Crippen molar-refractivity contribution >= 4 is 29.1 Å². The molecule has 1 atom stereocenters. The summed E-state index contributed by atoms with van der Waals surface area (Å²) < 4.78 is 44.5. The molecule has 1 aromatic carbocycles. The molecule has 11 heteroatoms. The van der Waals surface area contributed by atoms with E-state index in [1.165, 1.54) is 11.0 Å². The van der Waals surface area contributed by atoms with Gasteiger partial charge in [0.25, 0.3) is 5.91 Å². The number of nitrogens with zero attached hydrogens (tertiary/aromatic N) is 3. The fourth-order valence-electron chi connectivity index (χ4n) is 4.06. The molecule has 0 spiro atoms. The Bertz CT molecular complexity index is 1090. The Hall–Kier alpha value is -3.34. The number of hydrogen-bond donors (Lipinski definition) is 1. The van der Waals surface area contributed by atoms with E-state index >= 15 is 0 Å². The van der Waals surface area contributed by atoms with E-state index in [-0.39, 0.29) is 29.6 Å². The van der Waals surface area contributed by atoms with E-state index in [0.29, 0.717) is 31.9 Å². The van der Waals surface area contributed by atoms with Crippen LogP contribution in [0.15, 0.2) is 34.7 Å². The fourth-order valence-corrected chi connectivity index (χ4v) is 4.06. The van der Waals surface area contributed by atoms with Gasteiger partial charge in [0.05, 0.1) is 23.0 Å². The molecule has 3 heterocycles. The molecule has 1 aromatic heterocycles. The van der Waals surface area contributed by atoms with Crippen LogP contribution >= 0.6 is 0 Å². The summed E-state index contributed by atoms with van der Waals surface area (Å²) >= 11 is 0. The number of alkyl halides is 3. The number of carbonyl (C=O) groups is 3. The third-order valence-corrected chi connectivity index (χ3v) is 5.91. The van der Waals surface area contributed by atoms with Gasteiger partial charge >= 0.3 is 6.18 Å². The number of hydrogen-bond acceptors (Lipinski definition) is 5. The van der Waals surface area contributed by atoms with Crippen molar-refractivity contribution in [1.29, 1.82) is 0 Å². The second-order valence-corrected chi connectivity index (χ2v) is 8.12. The van der Waals surface area contributed by atoms with Gasteiger partial charge in [-0.3, -0.25) is 24.2 Å². The Labute approximate surface area is 187 Å². The van der Waals surface area contributed by atoms with Gasteiger partial charge in [-0.25, -0.2) is 0 Å². The smallest absolute Gasteiger partial charge is 0.416 e. The molecule has 1 N–H and O–H groups in total. The summed E-state index contributed by atoms with van der Waals surface area (Å²) in [5, 5.41) is 2.41. The molecular formula is C22H23F3N4O4. The van der Waals surface area contributed by atoms with Crippen LogP contribution in [0.2, 0.25) is 0 Å². The van der Waals surface area contributed by atoms with Crippen molar-refractivity contribution < 1.29 is 32.0 Å². The average Bonchev–Trinajstić information content (AvgIpc) is 3.22. The van der Waals surface area contributed by atoms with Crippen molar-refractivity contribution in [1.82, 2.24) is 9.80 Å². The van der Waals surface area contributed by atoms with E-state index in [2.05, 4.69) is 5.32 Å². The first-order chi connectivity index (χ1) is 15.5. The SMILES string of the molecule is Cc1ccc(C(=O)N2CCN(C(C)C(=O)N3CC(=O)Nc4cc(C(F)(F)F)ccc43)CC2)o1. The van der Waals surface area contributed by atoms with E-state index in [1.54, 1.807) is 30.9 Å². The third kappa shape index (κ3) is 4.58. The van der Waals surface area contributed by atoms with Crippen molar-refractivity contribution in [3.63, 3.8) is 0 Å². The minimum Gasteiger partial charge on any atom is -0.456 e. The standard InChI is InChI=1S/C22H23F3N4O4/c1-13-3-6-18(33-13)21(32)28-9-7-27(8-10-28)14(2)20(31)29-12-19(30)26-16-11-15(22(23,24)25)4-5-17(16)29/h3-6,11,14H,7-10,12H2,1-2H3,(H,26,30). The lowest BCUT2D eigenvalue weighted by Crippen LogP contribution is -2.56. The van der Waals surface area contributed by atoms with Gasteiger partial charge in [0, 0.05) is 26.2 Å². The Balaban J connectivity index is 1.45. The zero-order chi connectivity index (χ0) is 23.9. The largest absolute Gasteiger partial charge is 0.456 e. The van der Waals surface area contributed by atoms with Crippen LogP contribution in [-0.2, 0) is 15.8 Å². The summed E-state index contributed by atoms with van der Waals surface area (Å²) in [6, 6.07) is 5.63. The number of benzene rings is 1. The summed E-state index contributed by atoms with van der Waals surface area (Å²) in [4.78, 5) is 42.6. The molecule has 4 rings (SSSR count). The lowest BCUT2D eigenvalue weighted by Gasteiger charge is -2.39. The molecule has 3 amide bonds. The molecule has 0 aliphatic carbocycles. The monoisotopic (exact) mass is 464 g/mol. The van der Waals surface area contributed by atoms with Crippen molar-refractivity contribution in [3.8, 4) is 0 Å². The van der Waals surface area contributed by atoms with Gasteiger partial charge in [-0.2, -0.15) is 13.2 Å². The lowest BCUT2D eigenvalue weighted by molar-refractivity contribution is -0.137. The first-order valence-electron chi connectivity index (χ1n) is 10.5. The molecule has 2 aliphatic rings. The molecule has 1 fully saturated rings. The minimum atomic E-state index is -4.56. The molecule has 1 saturated heterocycles. The van der Waals surface area contributed by atoms with Crippen LogP contribution < -0.4 is 10.2 Å². The quantitative estimate of drug-likeness (QED) is 0.755. The van der Waals surface area contributed by atoms with E-state index in [0.717, 1.165) is 12.1 Å². The minimum absolute atomic E-state index is 0.0502. The number of carbonyl (C=O) groups excluding carboxylic acids is 3. The molecule has 1 unspecified atom stereocenters. The molecule has 8 nitrogen and oxygen atoms in total. The van der Waals surface area contributed by atoms with E-state index in [1.807, 2.05) is 4.90 Å². The third-order valence-electron chi connectivity index (χ3n) is 5.91. The number of furan rings is 1. The van der Waals surface area contributed by atoms with Crippen LogP contribution in [0.25, 0.3) is 0 Å². The number of amides is 3. The highest BCUT2D eigenvalue weighted by atomic mass is 19.4. The molecule has 33 heavy (non-hydrogen) atoms.